The maximum absolute atomic E-state index is 10.2. The first-order valence-electron chi connectivity index (χ1n) is 22.2. The van der Waals surface area contributed by atoms with Crippen LogP contribution in [0.3, 0.4) is 0 Å². The number of hydrogen-bond acceptors (Lipinski definition) is 4. The van der Waals surface area contributed by atoms with Crippen molar-refractivity contribution in [3.63, 3.8) is 0 Å². The highest BCUT2D eigenvalue weighted by Gasteiger charge is 2.37. The Kier molecular flexibility index (Phi) is 17.9. The molecule has 0 spiro atoms. The molecule has 2 unspecified atom stereocenters. The molecular weight excluding hydrogens is 592 g/mol. The molecule has 0 aromatic carbocycles. The normalized spacial score (nSPS) is 35.3. The Morgan fingerprint density at radius 1 is 0.479 bits per heavy atom. The van der Waals surface area contributed by atoms with E-state index in [2.05, 4.69) is 13.8 Å². The zero-order chi connectivity index (χ0) is 33.4. The molecule has 0 amide bonds. The molecule has 0 heterocycles. The molecule has 0 aromatic rings. The first kappa shape index (κ1) is 39.1. The first-order valence-corrected chi connectivity index (χ1v) is 22.2. The number of unbranched alkanes of at least 4 members (excludes halogenated alkanes) is 4. The SMILES string of the molecule is CCCCCC1CCC(C2CCC(COOC(CC(OO)C3CCC(C4CCC(CCCCC)CC4)CC3)C3CCCCC3)CC2)CC1. The Labute approximate surface area is 297 Å². The smallest absolute Gasteiger partial charge is 0.0983 e. The van der Waals surface area contributed by atoms with Crippen LogP contribution in [0.15, 0.2) is 0 Å². The molecule has 0 bridgehead atoms. The third-order valence-corrected chi connectivity index (χ3v) is 15.1. The van der Waals surface area contributed by atoms with E-state index in [0.29, 0.717) is 17.8 Å². The lowest BCUT2D eigenvalue weighted by Crippen LogP contribution is -2.37. The molecule has 5 aliphatic rings. The van der Waals surface area contributed by atoms with E-state index in [1.165, 1.54) is 186 Å². The molecule has 0 aliphatic heterocycles. The summed E-state index contributed by atoms with van der Waals surface area (Å²) >= 11 is 0. The quantitative estimate of drug-likeness (QED) is 0.0843. The summed E-state index contributed by atoms with van der Waals surface area (Å²) in [7, 11) is 0. The van der Waals surface area contributed by atoms with Crippen molar-refractivity contribution in [2.75, 3.05) is 6.61 Å². The molecule has 0 aromatic heterocycles. The zero-order valence-electron chi connectivity index (χ0n) is 31.9. The summed E-state index contributed by atoms with van der Waals surface area (Å²) in [5.41, 5.74) is 0. The van der Waals surface area contributed by atoms with Crippen molar-refractivity contribution in [3.05, 3.63) is 0 Å². The van der Waals surface area contributed by atoms with Gasteiger partial charge in [-0.05, 0) is 143 Å². The molecule has 48 heavy (non-hydrogen) atoms. The highest BCUT2D eigenvalue weighted by molar-refractivity contribution is 4.87. The second kappa shape index (κ2) is 22.0. The highest BCUT2D eigenvalue weighted by atomic mass is 17.2. The van der Waals surface area contributed by atoms with Gasteiger partial charge in [-0.1, -0.05) is 110 Å². The molecule has 0 saturated heterocycles. The van der Waals surface area contributed by atoms with Crippen molar-refractivity contribution in [1.29, 1.82) is 0 Å². The number of hydrogen-bond donors (Lipinski definition) is 1. The van der Waals surface area contributed by atoms with Crippen LogP contribution in [0.4, 0.5) is 0 Å². The molecular formula is C44H80O4. The minimum Gasteiger partial charge on any atom is -0.252 e. The third-order valence-electron chi connectivity index (χ3n) is 15.1. The fourth-order valence-electron chi connectivity index (χ4n) is 11.7. The molecule has 5 fully saturated rings. The summed E-state index contributed by atoms with van der Waals surface area (Å²) in [6.07, 6.45) is 40.8. The lowest BCUT2D eigenvalue weighted by atomic mass is 9.67. The Hall–Kier alpha value is -0.160. The van der Waals surface area contributed by atoms with Crippen LogP contribution in [0.2, 0.25) is 0 Å². The largest absolute Gasteiger partial charge is 0.252 e. The molecule has 5 aliphatic carbocycles. The van der Waals surface area contributed by atoms with E-state index in [0.717, 1.165) is 48.5 Å². The molecule has 4 nitrogen and oxygen atoms in total. The van der Waals surface area contributed by atoms with E-state index in [1.54, 1.807) is 0 Å². The van der Waals surface area contributed by atoms with E-state index in [-0.39, 0.29) is 12.2 Å². The predicted molar refractivity (Wildman–Crippen MR) is 200 cm³/mol. The third kappa shape index (κ3) is 12.5. The summed E-state index contributed by atoms with van der Waals surface area (Å²) in [6, 6.07) is 0. The summed E-state index contributed by atoms with van der Waals surface area (Å²) in [5, 5.41) is 10.2. The summed E-state index contributed by atoms with van der Waals surface area (Å²) in [6.45, 7) is 5.40. The van der Waals surface area contributed by atoms with Gasteiger partial charge in [-0.3, -0.25) is 5.26 Å². The van der Waals surface area contributed by atoms with Crippen molar-refractivity contribution < 1.29 is 19.9 Å². The van der Waals surface area contributed by atoms with Gasteiger partial charge in [0.2, 0.25) is 0 Å². The second-order valence-electron chi connectivity index (χ2n) is 18.2. The molecule has 5 rings (SSSR count). The van der Waals surface area contributed by atoms with Crippen LogP contribution < -0.4 is 0 Å². The zero-order valence-corrected chi connectivity index (χ0v) is 31.9. The lowest BCUT2D eigenvalue weighted by molar-refractivity contribution is -0.357. The standard InChI is InChI=1S/C44H80O4/c1-3-5-8-12-34-16-22-37(23-17-34)39-26-20-36(21-27-39)33-46-48-44(41-14-10-7-11-15-41)32-43(47-45)42-30-28-40(29-31-42)38-24-18-35(19-25-38)13-9-6-4-2/h34-45H,3-33H2,1-2H3. The molecule has 5 saturated carbocycles. The average Bonchev–Trinajstić information content (AvgIpc) is 3.15. The average molecular weight is 673 g/mol. The molecule has 0 radical (unpaired) electrons. The fourth-order valence-corrected chi connectivity index (χ4v) is 11.7. The molecule has 2 atom stereocenters. The first-order chi connectivity index (χ1) is 23.7. The van der Waals surface area contributed by atoms with Gasteiger partial charge in [0, 0.05) is 6.42 Å². The van der Waals surface area contributed by atoms with Gasteiger partial charge in [0.15, 0.2) is 0 Å². The maximum Gasteiger partial charge on any atom is 0.0983 e. The topological polar surface area (TPSA) is 47.9 Å². The minimum atomic E-state index is -0.118. The summed E-state index contributed by atoms with van der Waals surface area (Å²) in [4.78, 5) is 17.8. The van der Waals surface area contributed by atoms with Crippen LogP contribution >= 0.6 is 0 Å². The van der Waals surface area contributed by atoms with Gasteiger partial charge < -0.3 is 0 Å². The lowest BCUT2D eigenvalue weighted by Gasteiger charge is -2.40. The van der Waals surface area contributed by atoms with Crippen molar-refractivity contribution in [2.24, 2.45) is 53.3 Å². The van der Waals surface area contributed by atoms with Gasteiger partial charge in [0.1, 0.15) is 0 Å². The van der Waals surface area contributed by atoms with Crippen molar-refractivity contribution in [1.82, 2.24) is 0 Å². The summed E-state index contributed by atoms with van der Waals surface area (Å²) < 4.78 is 0. The Morgan fingerprint density at radius 3 is 1.38 bits per heavy atom. The second-order valence-corrected chi connectivity index (χ2v) is 18.2. The van der Waals surface area contributed by atoms with Crippen molar-refractivity contribution in [2.45, 2.75) is 219 Å². The Bertz CT molecular complexity index is 795. The monoisotopic (exact) mass is 673 g/mol. The minimum absolute atomic E-state index is 0.0482. The highest BCUT2D eigenvalue weighted by Crippen LogP contribution is 2.45. The van der Waals surface area contributed by atoms with Crippen LogP contribution in [-0.4, -0.2) is 24.1 Å². The maximum atomic E-state index is 10.2. The van der Waals surface area contributed by atoms with E-state index >= 15 is 0 Å². The molecule has 1 N–H and O–H groups in total. The predicted octanol–water partition coefficient (Wildman–Crippen LogP) is 13.5. The van der Waals surface area contributed by atoms with Crippen molar-refractivity contribution in [3.8, 4) is 0 Å². The fraction of sp³-hybridized carbons (Fsp3) is 1.00. The Balaban J connectivity index is 1.00. The number of rotatable bonds is 19. The van der Waals surface area contributed by atoms with Crippen LogP contribution in [0.1, 0.15) is 206 Å². The van der Waals surface area contributed by atoms with Crippen molar-refractivity contribution >= 4 is 0 Å². The van der Waals surface area contributed by atoms with Gasteiger partial charge in [-0.2, -0.15) is 0 Å². The van der Waals surface area contributed by atoms with Gasteiger partial charge in [0.25, 0.3) is 0 Å². The van der Waals surface area contributed by atoms with Crippen LogP contribution in [-0.2, 0) is 14.7 Å². The van der Waals surface area contributed by atoms with Crippen LogP contribution in [0, 0.1) is 53.3 Å². The van der Waals surface area contributed by atoms with Gasteiger partial charge in [-0.25, -0.2) is 14.7 Å². The van der Waals surface area contributed by atoms with Gasteiger partial charge >= 0.3 is 0 Å². The van der Waals surface area contributed by atoms with Gasteiger partial charge in [0.05, 0.1) is 18.8 Å². The summed E-state index contributed by atoms with van der Waals surface area (Å²) in [5.74, 6) is 7.43. The Morgan fingerprint density at radius 2 is 0.917 bits per heavy atom. The van der Waals surface area contributed by atoms with E-state index in [4.69, 9.17) is 14.7 Å². The van der Waals surface area contributed by atoms with Crippen LogP contribution in [0.5, 0.6) is 0 Å². The van der Waals surface area contributed by atoms with Crippen LogP contribution in [0.25, 0.3) is 0 Å². The molecule has 280 valence electrons. The molecule has 4 heteroatoms. The van der Waals surface area contributed by atoms with E-state index in [9.17, 15) is 5.26 Å². The van der Waals surface area contributed by atoms with E-state index in [1.807, 2.05) is 0 Å². The van der Waals surface area contributed by atoms with E-state index < -0.39 is 0 Å². The van der Waals surface area contributed by atoms with Gasteiger partial charge in [-0.15, -0.1) is 0 Å².